The van der Waals surface area contributed by atoms with Crippen molar-refractivity contribution in [3.05, 3.63) is 18.0 Å². The van der Waals surface area contributed by atoms with Crippen LogP contribution in [0.15, 0.2) is 12.3 Å². The predicted octanol–water partition coefficient (Wildman–Crippen LogP) is 0.630. The van der Waals surface area contributed by atoms with Gasteiger partial charge in [-0.1, -0.05) is 0 Å². The maximum absolute atomic E-state index is 4.28. The van der Waals surface area contributed by atoms with Crippen molar-refractivity contribution < 1.29 is 0 Å². The summed E-state index contributed by atoms with van der Waals surface area (Å²) >= 11 is 0. The molecule has 2 rings (SSSR count). The molecular weight excluding hydrogens is 238 g/mol. The van der Waals surface area contributed by atoms with Gasteiger partial charge >= 0.3 is 0 Å². The monoisotopic (exact) mass is 265 g/mol. The summed E-state index contributed by atoms with van der Waals surface area (Å²) < 4.78 is 2.05. The second kappa shape index (κ2) is 7.62. The number of rotatable bonds is 7. The zero-order chi connectivity index (χ0) is 13.5. The van der Waals surface area contributed by atoms with E-state index in [0.717, 1.165) is 19.6 Å². The van der Waals surface area contributed by atoms with Gasteiger partial charge < -0.3 is 15.1 Å². The van der Waals surface area contributed by atoms with Gasteiger partial charge in [-0.2, -0.15) is 5.10 Å². The zero-order valence-corrected chi connectivity index (χ0v) is 12.3. The Hall–Kier alpha value is -0.910. The molecule has 0 unspecified atom stereocenters. The van der Waals surface area contributed by atoms with Crippen LogP contribution < -0.4 is 5.32 Å². The smallest absolute Gasteiger partial charge is 0.0521 e. The Morgan fingerprint density at radius 3 is 2.79 bits per heavy atom. The highest BCUT2D eigenvalue weighted by Gasteiger charge is 2.12. The molecule has 0 spiro atoms. The van der Waals surface area contributed by atoms with Crippen molar-refractivity contribution >= 4 is 0 Å². The first-order valence-electron chi connectivity index (χ1n) is 7.42. The van der Waals surface area contributed by atoms with Gasteiger partial charge in [0.05, 0.1) is 5.69 Å². The Morgan fingerprint density at radius 1 is 1.26 bits per heavy atom. The molecule has 0 radical (unpaired) electrons. The summed E-state index contributed by atoms with van der Waals surface area (Å²) in [6.07, 6.45) is 3.11. The van der Waals surface area contributed by atoms with Crippen molar-refractivity contribution in [1.82, 2.24) is 24.9 Å². The molecule has 1 aromatic heterocycles. The van der Waals surface area contributed by atoms with E-state index in [1.54, 1.807) is 0 Å². The molecule has 19 heavy (non-hydrogen) atoms. The standard InChI is InChI=1S/C14H27N5/c1-3-19-14(5-7-16-19)13-15-6-4-8-18-11-9-17(2)10-12-18/h5,7,15H,3-4,6,8-13H2,1-2H3. The van der Waals surface area contributed by atoms with Crippen LogP contribution >= 0.6 is 0 Å². The summed E-state index contributed by atoms with van der Waals surface area (Å²) in [5, 5.41) is 7.79. The van der Waals surface area contributed by atoms with E-state index >= 15 is 0 Å². The molecule has 0 aromatic carbocycles. The summed E-state index contributed by atoms with van der Waals surface area (Å²) in [5.41, 5.74) is 1.28. The van der Waals surface area contributed by atoms with Crippen LogP contribution in [0.4, 0.5) is 0 Å². The van der Waals surface area contributed by atoms with Crippen LogP contribution in [0.5, 0.6) is 0 Å². The number of likely N-dealkylation sites (N-methyl/N-ethyl adjacent to an activating group) is 1. The lowest BCUT2D eigenvalue weighted by atomic mass is 10.3. The van der Waals surface area contributed by atoms with Gasteiger partial charge in [0.15, 0.2) is 0 Å². The minimum absolute atomic E-state index is 0.927. The molecule has 1 aliphatic heterocycles. The fourth-order valence-corrected chi connectivity index (χ4v) is 2.51. The molecule has 0 atom stereocenters. The first kappa shape index (κ1) is 14.5. The number of aryl methyl sites for hydroxylation is 1. The average Bonchev–Trinajstić information content (AvgIpc) is 2.88. The largest absolute Gasteiger partial charge is 0.311 e. The van der Waals surface area contributed by atoms with E-state index in [1.807, 2.05) is 10.9 Å². The van der Waals surface area contributed by atoms with Crippen LogP contribution in [0.1, 0.15) is 19.0 Å². The highest BCUT2D eigenvalue weighted by Crippen LogP contribution is 2.00. The molecular formula is C14H27N5. The van der Waals surface area contributed by atoms with Crippen molar-refractivity contribution in [2.75, 3.05) is 46.3 Å². The maximum atomic E-state index is 4.28. The van der Waals surface area contributed by atoms with Crippen molar-refractivity contribution in [1.29, 1.82) is 0 Å². The van der Waals surface area contributed by atoms with Gasteiger partial charge in [0.25, 0.3) is 0 Å². The number of nitrogens with zero attached hydrogens (tertiary/aromatic N) is 4. The molecule has 1 aliphatic rings. The van der Waals surface area contributed by atoms with E-state index < -0.39 is 0 Å². The first-order chi connectivity index (χ1) is 9.29. The molecule has 0 bridgehead atoms. The Kier molecular flexibility index (Phi) is 5.82. The summed E-state index contributed by atoms with van der Waals surface area (Å²) in [4.78, 5) is 4.97. The van der Waals surface area contributed by atoms with E-state index in [1.165, 1.54) is 44.8 Å². The molecule has 2 heterocycles. The van der Waals surface area contributed by atoms with Crippen molar-refractivity contribution in [2.45, 2.75) is 26.4 Å². The van der Waals surface area contributed by atoms with Crippen LogP contribution in [0.25, 0.3) is 0 Å². The predicted molar refractivity (Wildman–Crippen MR) is 78.2 cm³/mol. The molecule has 1 fully saturated rings. The van der Waals surface area contributed by atoms with E-state index in [-0.39, 0.29) is 0 Å². The number of hydrogen-bond donors (Lipinski definition) is 1. The molecule has 1 aromatic rings. The quantitative estimate of drug-likeness (QED) is 0.734. The van der Waals surface area contributed by atoms with Gasteiger partial charge in [-0.3, -0.25) is 4.68 Å². The summed E-state index contributed by atoms with van der Waals surface area (Å²) in [6.45, 7) is 11.2. The van der Waals surface area contributed by atoms with Gasteiger partial charge in [0.2, 0.25) is 0 Å². The second-order valence-electron chi connectivity index (χ2n) is 5.31. The molecule has 108 valence electrons. The number of aromatic nitrogens is 2. The highest BCUT2D eigenvalue weighted by molar-refractivity contribution is 4.99. The Bertz CT molecular complexity index is 354. The summed E-state index contributed by atoms with van der Waals surface area (Å²) in [7, 11) is 2.20. The van der Waals surface area contributed by atoms with Crippen LogP contribution in [0.2, 0.25) is 0 Å². The second-order valence-corrected chi connectivity index (χ2v) is 5.31. The number of nitrogens with one attached hydrogen (secondary N) is 1. The minimum Gasteiger partial charge on any atom is -0.311 e. The van der Waals surface area contributed by atoms with E-state index in [0.29, 0.717) is 0 Å². The zero-order valence-electron chi connectivity index (χ0n) is 12.3. The molecule has 1 N–H and O–H groups in total. The van der Waals surface area contributed by atoms with Crippen LogP contribution in [0, 0.1) is 0 Å². The third kappa shape index (κ3) is 4.60. The maximum Gasteiger partial charge on any atom is 0.0521 e. The van der Waals surface area contributed by atoms with Crippen molar-refractivity contribution in [2.24, 2.45) is 0 Å². The molecule has 1 saturated heterocycles. The van der Waals surface area contributed by atoms with Gasteiger partial charge in [-0.05, 0) is 39.5 Å². The molecule has 5 heteroatoms. The Balaban J connectivity index is 1.55. The first-order valence-corrected chi connectivity index (χ1v) is 7.42. The van der Waals surface area contributed by atoms with Crippen LogP contribution in [0.3, 0.4) is 0 Å². The lowest BCUT2D eigenvalue weighted by Crippen LogP contribution is -2.45. The van der Waals surface area contributed by atoms with E-state index in [4.69, 9.17) is 0 Å². The summed E-state index contributed by atoms with van der Waals surface area (Å²) in [6, 6.07) is 2.09. The third-order valence-electron chi connectivity index (χ3n) is 3.83. The van der Waals surface area contributed by atoms with Crippen LogP contribution in [-0.4, -0.2) is 65.9 Å². The molecule has 0 amide bonds. The third-order valence-corrected chi connectivity index (χ3v) is 3.83. The molecule has 5 nitrogen and oxygen atoms in total. The topological polar surface area (TPSA) is 36.3 Å². The van der Waals surface area contributed by atoms with Gasteiger partial charge in [0, 0.05) is 45.5 Å². The van der Waals surface area contributed by atoms with Crippen molar-refractivity contribution in [3.8, 4) is 0 Å². The SMILES string of the molecule is CCn1nccc1CNCCCN1CCN(C)CC1. The fourth-order valence-electron chi connectivity index (χ4n) is 2.51. The summed E-state index contributed by atoms with van der Waals surface area (Å²) in [5.74, 6) is 0. The van der Waals surface area contributed by atoms with E-state index in [9.17, 15) is 0 Å². The lowest BCUT2D eigenvalue weighted by molar-refractivity contribution is 0.152. The molecule has 0 aliphatic carbocycles. The van der Waals surface area contributed by atoms with Gasteiger partial charge in [-0.25, -0.2) is 0 Å². The molecule has 0 saturated carbocycles. The Morgan fingerprint density at radius 2 is 2.05 bits per heavy atom. The Labute approximate surface area is 116 Å². The highest BCUT2D eigenvalue weighted by atomic mass is 15.3. The van der Waals surface area contributed by atoms with Gasteiger partial charge in [-0.15, -0.1) is 0 Å². The van der Waals surface area contributed by atoms with Gasteiger partial charge in [0.1, 0.15) is 0 Å². The van der Waals surface area contributed by atoms with Crippen LogP contribution in [-0.2, 0) is 13.1 Å². The van der Waals surface area contributed by atoms with Crippen molar-refractivity contribution in [3.63, 3.8) is 0 Å². The fraction of sp³-hybridized carbons (Fsp3) is 0.786. The lowest BCUT2D eigenvalue weighted by Gasteiger charge is -2.32. The number of hydrogen-bond acceptors (Lipinski definition) is 4. The minimum atomic E-state index is 0.927. The average molecular weight is 265 g/mol. The normalized spacial score (nSPS) is 18.0. The number of piperazine rings is 1. The van der Waals surface area contributed by atoms with E-state index in [2.05, 4.69) is 40.3 Å².